The number of methoxy groups -OCH3 is 2. The zero-order chi connectivity index (χ0) is 16.7. The minimum Gasteiger partial charge on any atom is -0.497 e. The Morgan fingerprint density at radius 3 is 2.45 bits per heavy atom. The molecule has 1 aromatic rings. The quantitative estimate of drug-likeness (QED) is 0.785. The van der Waals surface area contributed by atoms with Crippen LogP contribution in [-0.4, -0.2) is 32.1 Å². The number of carbonyl (C=O) groups is 2. The summed E-state index contributed by atoms with van der Waals surface area (Å²) in [5, 5.41) is 2.78. The number of aryl methyl sites for hydroxylation is 1. The fourth-order valence-corrected chi connectivity index (χ4v) is 2.19. The van der Waals surface area contributed by atoms with E-state index in [1.54, 1.807) is 7.11 Å². The fourth-order valence-electron chi connectivity index (χ4n) is 2.19. The van der Waals surface area contributed by atoms with Gasteiger partial charge in [0.2, 0.25) is 5.91 Å². The van der Waals surface area contributed by atoms with Crippen LogP contribution in [0.15, 0.2) is 18.2 Å². The second-order valence-corrected chi connectivity index (χ2v) is 5.42. The highest BCUT2D eigenvalue weighted by atomic mass is 16.5. The van der Waals surface area contributed by atoms with Gasteiger partial charge in [-0.15, -0.1) is 0 Å². The van der Waals surface area contributed by atoms with E-state index in [2.05, 4.69) is 5.32 Å². The first-order valence-electron chi connectivity index (χ1n) is 7.43. The summed E-state index contributed by atoms with van der Waals surface area (Å²) in [6.07, 6.45) is 1.00. The molecule has 22 heavy (non-hydrogen) atoms. The van der Waals surface area contributed by atoms with Gasteiger partial charge < -0.3 is 14.8 Å². The monoisotopic (exact) mass is 307 g/mol. The summed E-state index contributed by atoms with van der Waals surface area (Å²) in [6, 6.07) is 4.96. The zero-order valence-electron chi connectivity index (χ0n) is 13.9. The van der Waals surface area contributed by atoms with Gasteiger partial charge in [0, 0.05) is 0 Å². The van der Waals surface area contributed by atoms with Gasteiger partial charge in [0.25, 0.3) is 0 Å². The van der Waals surface area contributed by atoms with Crippen molar-refractivity contribution in [1.29, 1.82) is 0 Å². The van der Waals surface area contributed by atoms with Crippen molar-refractivity contribution in [3.05, 3.63) is 29.3 Å². The van der Waals surface area contributed by atoms with Crippen molar-refractivity contribution >= 4 is 11.9 Å². The molecule has 1 amide bonds. The lowest BCUT2D eigenvalue weighted by Crippen LogP contribution is -2.46. The Morgan fingerprint density at radius 2 is 1.95 bits per heavy atom. The molecule has 0 saturated heterocycles. The minimum absolute atomic E-state index is 0.0216. The molecule has 2 atom stereocenters. The van der Waals surface area contributed by atoms with E-state index in [0.29, 0.717) is 0 Å². The van der Waals surface area contributed by atoms with E-state index in [1.165, 1.54) is 7.11 Å². The number of ether oxygens (including phenoxy) is 2. The van der Waals surface area contributed by atoms with E-state index in [9.17, 15) is 9.59 Å². The summed E-state index contributed by atoms with van der Waals surface area (Å²) < 4.78 is 9.92. The first-order valence-corrected chi connectivity index (χ1v) is 7.43. The normalized spacial score (nSPS) is 13.1. The van der Waals surface area contributed by atoms with Crippen molar-refractivity contribution in [2.24, 2.45) is 5.92 Å². The van der Waals surface area contributed by atoms with Crippen LogP contribution in [0.3, 0.4) is 0 Å². The van der Waals surface area contributed by atoms with Gasteiger partial charge in [-0.1, -0.05) is 26.3 Å². The molecule has 122 valence electrons. The molecule has 0 radical (unpaired) electrons. The molecule has 0 unspecified atom stereocenters. The van der Waals surface area contributed by atoms with Crippen LogP contribution in [-0.2, 0) is 20.7 Å². The summed E-state index contributed by atoms with van der Waals surface area (Å²) in [5.41, 5.74) is 1.89. The molecule has 0 saturated carbocycles. The maximum absolute atomic E-state index is 12.2. The molecule has 0 fully saturated rings. The Bertz CT molecular complexity index is 527. The van der Waals surface area contributed by atoms with Crippen molar-refractivity contribution in [2.75, 3.05) is 14.2 Å². The van der Waals surface area contributed by atoms with Crippen molar-refractivity contribution in [3.63, 3.8) is 0 Å². The highest BCUT2D eigenvalue weighted by molar-refractivity contribution is 5.86. The molecule has 5 nitrogen and oxygen atoms in total. The van der Waals surface area contributed by atoms with Gasteiger partial charge in [0.15, 0.2) is 0 Å². The lowest BCUT2D eigenvalue weighted by Gasteiger charge is -2.22. The van der Waals surface area contributed by atoms with Crippen molar-refractivity contribution < 1.29 is 19.1 Å². The van der Waals surface area contributed by atoms with E-state index < -0.39 is 12.0 Å². The van der Waals surface area contributed by atoms with Gasteiger partial charge in [-0.3, -0.25) is 4.79 Å². The van der Waals surface area contributed by atoms with Crippen molar-refractivity contribution in [2.45, 2.75) is 39.7 Å². The molecule has 5 heteroatoms. The molecule has 0 spiro atoms. The van der Waals surface area contributed by atoms with Gasteiger partial charge >= 0.3 is 5.97 Å². The summed E-state index contributed by atoms with van der Waals surface area (Å²) in [4.78, 5) is 24.0. The molecular formula is C17H25NO4. The lowest BCUT2D eigenvalue weighted by atomic mass is 9.98. The molecular weight excluding hydrogens is 282 g/mol. The van der Waals surface area contributed by atoms with Crippen LogP contribution in [0, 0.1) is 12.8 Å². The van der Waals surface area contributed by atoms with Gasteiger partial charge in [0.1, 0.15) is 11.8 Å². The van der Waals surface area contributed by atoms with E-state index in [0.717, 1.165) is 23.3 Å². The topological polar surface area (TPSA) is 64.6 Å². The molecule has 1 N–H and O–H groups in total. The number of carbonyl (C=O) groups excluding carboxylic acids is 2. The largest absolute Gasteiger partial charge is 0.497 e. The third-order valence-corrected chi connectivity index (χ3v) is 3.89. The van der Waals surface area contributed by atoms with Crippen LogP contribution in [0.5, 0.6) is 5.75 Å². The first kappa shape index (κ1) is 18.0. The summed E-state index contributed by atoms with van der Waals surface area (Å²) in [6.45, 7) is 5.82. The molecule has 0 aromatic heterocycles. The maximum atomic E-state index is 12.2. The minimum atomic E-state index is -0.610. The van der Waals surface area contributed by atoms with E-state index >= 15 is 0 Å². The number of hydrogen-bond donors (Lipinski definition) is 1. The number of esters is 1. The second-order valence-electron chi connectivity index (χ2n) is 5.42. The Kier molecular flexibility index (Phi) is 6.89. The van der Waals surface area contributed by atoms with Gasteiger partial charge in [0.05, 0.1) is 20.6 Å². The standard InChI is InChI=1S/C17H25NO4/c1-6-11(2)16(17(20)22-5)18-15(19)10-13-7-8-14(21-4)9-12(13)3/h7-9,11,16H,6,10H2,1-5H3,(H,18,19)/t11-,16-/m0/s1. The molecule has 0 bridgehead atoms. The average molecular weight is 307 g/mol. The van der Waals surface area contributed by atoms with E-state index in [4.69, 9.17) is 9.47 Å². The van der Waals surface area contributed by atoms with Crippen LogP contribution in [0.1, 0.15) is 31.4 Å². The zero-order valence-corrected chi connectivity index (χ0v) is 13.9. The number of hydrogen-bond acceptors (Lipinski definition) is 4. The van der Waals surface area contributed by atoms with Crippen LogP contribution in [0.2, 0.25) is 0 Å². The highest BCUT2D eigenvalue weighted by Gasteiger charge is 2.26. The fraction of sp³-hybridized carbons (Fsp3) is 0.529. The van der Waals surface area contributed by atoms with Gasteiger partial charge in [-0.05, 0) is 36.1 Å². The van der Waals surface area contributed by atoms with Crippen LogP contribution >= 0.6 is 0 Å². The smallest absolute Gasteiger partial charge is 0.328 e. The van der Waals surface area contributed by atoms with Gasteiger partial charge in [-0.25, -0.2) is 4.79 Å². The molecule has 1 rings (SSSR count). The molecule has 1 aromatic carbocycles. The predicted octanol–water partition coefficient (Wildman–Crippen LogP) is 2.25. The summed E-state index contributed by atoms with van der Waals surface area (Å²) >= 11 is 0. The molecule has 0 aliphatic carbocycles. The molecule has 0 aliphatic heterocycles. The van der Waals surface area contributed by atoms with Crippen molar-refractivity contribution in [3.8, 4) is 5.75 Å². The maximum Gasteiger partial charge on any atom is 0.328 e. The number of rotatable bonds is 7. The van der Waals surface area contributed by atoms with Crippen LogP contribution in [0.25, 0.3) is 0 Å². The Morgan fingerprint density at radius 1 is 1.27 bits per heavy atom. The second kappa shape index (κ2) is 8.41. The Balaban J connectivity index is 2.77. The Hall–Kier alpha value is -2.04. The number of nitrogens with one attached hydrogen (secondary N) is 1. The van der Waals surface area contributed by atoms with Crippen LogP contribution < -0.4 is 10.1 Å². The highest BCUT2D eigenvalue weighted by Crippen LogP contribution is 2.17. The van der Waals surface area contributed by atoms with Gasteiger partial charge in [-0.2, -0.15) is 0 Å². The summed E-state index contributed by atoms with van der Waals surface area (Å²) in [5.74, 6) is 0.181. The molecule has 0 aliphatic rings. The third kappa shape index (κ3) is 4.76. The van der Waals surface area contributed by atoms with E-state index in [1.807, 2.05) is 39.0 Å². The first-order chi connectivity index (χ1) is 10.4. The SMILES string of the molecule is CC[C@H](C)[C@H](NC(=O)Cc1ccc(OC)cc1C)C(=O)OC. The predicted molar refractivity (Wildman–Crippen MR) is 84.8 cm³/mol. The Labute approximate surface area is 132 Å². The third-order valence-electron chi connectivity index (χ3n) is 3.89. The molecule has 0 heterocycles. The number of benzene rings is 1. The average Bonchev–Trinajstić information content (AvgIpc) is 2.52. The van der Waals surface area contributed by atoms with Crippen molar-refractivity contribution in [1.82, 2.24) is 5.32 Å². The van der Waals surface area contributed by atoms with E-state index in [-0.39, 0.29) is 18.2 Å². The number of amides is 1. The lowest BCUT2D eigenvalue weighted by molar-refractivity contribution is -0.146. The van der Waals surface area contributed by atoms with Crippen LogP contribution in [0.4, 0.5) is 0 Å². The summed E-state index contributed by atoms with van der Waals surface area (Å²) in [7, 11) is 2.94.